The van der Waals surface area contributed by atoms with E-state index in [1.807, 2.05) is 11.8 Å². The van der Waals surface area contributed by atoms with E-state index in [-0.39, 0.29) is 17.3 Å². The molecule has 1 aromatic carbocycles. The molecule has 1 aliphatic rings. The molecule has 1 aliphatic heterocycles. The highest BCUT2D eigenvalue weighted by molar-refractivity contribution is 5.95. The summed E-state index contributed by atoms with van der Waals surface area (Å²) < 4.78 is 0. The SMILES string of the molecule is CCN(c1ccc([N+](=O)[O-])cc1C(=O)O)C1CCNCC1. The second-order valence-electron chi connectivity index (χ2n) is 5.03. The van der Waals surface area contributed by atoms with Crippen molar-refractivity contribution in [1.29, 1.82) is 0 Å². The predicted molar refractivity (Wildman–Crippen MR) is 79.0 cm³/mol. The number of nitrogens with zero attached hydrogens (tertiary/aromatic N) is 2. The topological polar surface area (TPSA) is 95.7 Å². The van der Waals surface area contributed by atoms with Gasteiger partial charge in [0.05, 0.1) is 16.2 Å². The number of carbonyl (C=O) groups is 1. The first-order chi connectivity index (χ1) is 10.0. The first-order valence-electron chi connectivity index (χ1n) is 7.03. The molecular formula is C14H19N3O4. The minimum Gasteiger partial charge on any atom is -0.478 e. The maximum absolute atomic E-state index is 11.4. The van der Waals surface area contributed by atoms with Gasteiger partial charge in [-0.1, -0.05) is 0 Å². The van der Waals surface area contributed by atoms with Gasteiger partial charge in [-0.2, -0.15) is 0 Å². The molecule has 1 saturated heterocycles. The van der Waals surface area contributed by atoms with Crippen LogP contribution < -0.4 is 10.2 Å². The summed E-state index contributed by atoms with van der Waals surface area (Å²) in [4.78, 5) is 23.7. The summed E-state index contributed by atoms with van der Waals surface area (Å²) in [7, 11) is 0. The van der Waals surface area contributed by atoms with Gasteiger partial charge in [-0.05, 0) is 38.9 Å². The second kappa shape index (κ2) is 6.53. The molecule has 0 aromatic heterocycles. The number of anilines is 1. The normalized spacial score (nSPS) is 15.7. The number of hydrogen-bond donors (Lipinski definition) is 2. The molecule has 7 heteroatoms. The average molecular weight is 293 g/mol. The monoisotopic (exact) mass is 293 g/mol. The van der Waals surface area contributed by atoms with Crippen LogP contribution in [0.4, 0.5) is 11.4 Å². The van der Waals surface area contributed by atoms with Crippen LogP contribution in [0.25, 0.3) is 0 Å². The summed E-state index contributed by atoms with van der Waals surface area (Å²) in [5.74, 6) is -1.14. The number of non-ortho nitro benzene ring substituents is 1. The van der Waals surface area contributed by atoms with E-state index in [2.05, 4.69) is 5.32 Å². The molecule has 2 N–H and O–H groups in total. The first kappa shape index (κ1) is 15.2. The molecular weight excluding hydrogens is 274 g/mol. The van der Waals surface area contributed by atoms with Crippen molar-refractivity contribution in [2.75, 3.05) is 24.5 Å². The van der Waals surface area contributed by atoms with E-state index in [4.69, 9.17) is 0 Å². The van der Waals surface area contributed by atoms with Crippen LogP contribution in [0, 0.1) is 10.1 Å². The van der Waals surface area contributed by atoms with Crippen molar-refractivity contribution in [3.05, 3.63) is 33.9 Å². The van der Waals surface area contributed by atoms with Gasteiger partial charge in [0, 0.05) is 24.7 Å². The number of nitrogens with one attached hydrogen (secondary N) is 1. The number of piperidine rings is 1. The highest BCUT2D eigenvalue weighted by Gasteiger charge is 2.25. The number of carboxylic acids is 1. The number of nitro benzene ring substituents is 1. The Kier molecular flexibility index (Phi) is 4.74. The van der Waals surface area contributed by atoms with Crippen LogP contribution in [0.2, 0.25) is 0 Å². The van der Waals surface area contributed by atoms with Crippen molar-refractivity contribution in [2.45, 2.75) is 25.8 Å². The Labute approximate surface area is 122 Å². The van der Waals surface area contributed by atoms with Crippen molar-refractivity contribution in [3.8, 4) is 0 Å². The molecule has 114 valence electrons. The highest BCUT2D eigenvalue weighted by Crippen LogP contribution is 2.29. The van der Waals surface area contributed by atoms with E-state index < -0.39 is 10.9 Å². The zero-order valence-corrected chi connectivity index (χ0v) is 11.9. The Morgan fingerprint density at radius 2 is 2.14 bits per heavy atom. The fourth-order valence-electron chi connectivity index (χ4n) is 2.80. The van der Waals surface area contributed by atoms with E-state index in [0.29, 0.717) is 12.2 Å². The third kappa shape index (κ3) is 3.30. The molecule has 0 amide bonds. The van der Waals surface area contributed by atoms with Crippen molar-refractivity contribution < 1.29 is 14.8 Å². The summed E-state index contributed by atoms with van der Waals surface area (Å²) in [6, 6.07) is 4.32. The number of rotatable bonds is 5. The minimum absolute atomic E-state index is 0.00965. The van der Waals surface area contributed by atoms with Gasteiger partial charge in [0.2, 0.25) is 0 Å². The van der Waals surface area contributed by atoms with Crippen LogP contribution in [0.3, 0.4) is 0 Å². The summed E-state index contributed by atoms with van der Waals surface area (Å²) >= 11 is 0. The van der Waals surface area contributed by atoms with E-state index in [1.54, 1.807) is 6.07 Å². The Morgan fingerprint density at radius 1 is 1.48 bits per heavy atom. The molecule has 0 unspecified atom stereocenters. The second-order valence-corrected chi connectivity index (χ2v) is 5.03. The summed E-state index contributed by atoms with van der Waals surface area (Å²) in [6.07, 6.45) is 1.87. The van der Waals surface area contributed by atoms with Crippen molar-refractivity contribution in [1.82, 2.24) is 5.32 Å². The smallest absolute Gasteiger partial charge is 0.338 e. The van der Waals surface area contributed by atoms with Crippen LogP contribution in [0.5, 0.6) is 0 Å². The number of aromatic carboxylic acids is 1. The predicted octanol–water partition coefficient (Wildman–Crippen LogP) is 1.87. The van der Waals surface area contributed by atoms with E-state index in [9.17, 15) is 20.0 Å². The molecule has 0 atom stereocenters. The van der Waals surface area contributed by atoms with Crippen LogP contribution in [0.1, 0.15) is 30.1 Å². The first-order valence-corrected chi connectivity index (χ1v) is 7.03. The molecule has 21 heavy (non-hydrogen) atoms. The fraction of sp³-hybridized carbons (Fsp3) is 0.500. The number of benzene rings is 1. The van der Waals surface area contributed by atoms with Gasteiger partial charge in [-0.15, -0.1) is 0 Å². The lowest BCUT2D eigenvalue weighted by molar-refractivity contribution is -0.384. The van der Waals surface area contributed by atoms with Gasteiger partial charge < -0.3 is 15.3 Å². The quantitative estimate of drug-likeness (QED) is 0.635. The molecule has 1 fully saturated rings. The minimum atomic E-state index is -1.14. The van der Waals surface area contributed by atoms with Gasteiger partial charge in [0.25, 0.3) is 5.69 Å². The average Bonchev–Trinajstić information content (AvgIpc) is 2.49. The molecule has 1 aromatic rings. The third-order valence-electron chi connectivity index (χ3n) is 3.82. The van der Waals surface area contributed by atoms with Crippen LogP contribution >= 0.6 is 0 Å². The van der Waals surface area contributed by atoms with Crippen LogP contribution in [0.15, 0.2) is 18.2 Å². The zero-order valence-electron chi connectivity index (χ0n) is 11.9. The number of nitro groups is 1. The molecule has 0 radical (unpaired) electrons. The van der Waals surface area contributed by atoms with Crippen molar-refractivity contribution >= 4 is 17.3 Å². The van der Waals surface area contributed by atoms with Gasteiger partial charge in [-0.3, -0.25) is 10.1 Å². The summed E-state index contributed by atoms with van der Waals surface area (Å²) in [5.41, 5.74) is 0.351. The van der Waals surface area contributed by atoms with E-state index in [0.717, 1.165) is 32.0 Å². The lowest BCUT2D eigenvalue weighted by Gasteiger charge is -2.36. The van der Waals surface area contributed by atoms with Gasteiger partial charge in [0.1, 0.15) is 0 Å². The van der Waals surface area contributed by atoms with Crippen LogP contribution in [-0.2, 0) is 0 Å². The van der Waals surface area contributed by atoms with Gasteiger partial charge >= 0.3 is 5.97 Å². The molecule has 7 nitrogen and oxygen atoms in total. The van der Waals surface area contributed by atoms with E-state index in [1.165, 1.54) is 6.07 Å². The maximum Gasteiger partial charge on any atom is 0.338 e. The van der Waals surface area contributed by atoms with Crippen molar-refractivity contribution in [2.24, 2.45) is 0 Å². The standard InChI is InChI=1S/C14H19N3O4/c1-2-16(10-5-7-15-8-6-10)13-4-3-11(17(20)21)9-12(13)14(18)19/h3-4,9-10,15H,2,5-8H2,1H3,(H,18,19). The molecule has 0 spiro atoms. The summed E-state index contributed by atoms with van der Waals surface area (Å²) in [6.45, 7) is 4.44. The van der Waals surface area contributed by atoms with Gasteiger partial charge in [0.15, 0.2) is 0 Å². The number of carboxylic acid groups (broad SMARTS) is 1. The van der Waals surface area contributed by atoms with Crippen LogP contribution in [-0.4, -0.2) is 41.7 Å². The lowest BCUT2D eigenvalue weighted by Crippen LogP contribution is -2.43. The largest absolute Gasteiger partial charge is 0.478 e. The Morgan fingerprint density at radius 3 is 2.67 bits per heavy atom. The Balaban J connectivity index is 2.39. The fourth-order valence-corrected chi connectivity index (χ4v) is 2.80. The molecule has 2 rings (SSSR count). The van der Waals surface area contributed by atoms with Gasteiger partial charge in [-0.25, -0.2) is 4.79 Å². The Hall–Kier alpha value is -2.15. The van der Waals surface area contributed by atoms with E-state index >= 15 is 0 Å². The number of hydrogen-bond acceptors (Lipinski definition) is 5. The molecule has 0 saturated carbocycles. The lowest BCUT2D eigenvalue weighted by atomic mass is 10.0. The zero-order chi connectivity index (χ0) is 15.4. The summed E-state index contributed by atoms with van der Waals surface area (Å²) in [5, 5.41) is 23.4. The highest BCUT2D eigenvalue weighted by atomic mass is 16.6. The molecule has 0 aliphatic carbocycles. The Bertz CT molecular complexity index is 541. The third-order valence-corrected chi connectivity index (χ3v) is 3.82. The molecule has 0 bridgehead atoms. The maximum atomic E-state index is 11.4. The van der Waals surface area contributed by atoms with Crippen molar-refractivity contribution in [3.63, 3.8) is 0 Å². The molecule has 1 heterocycles.